The van der Waals surface area contributed by atoms with Gasteiger partial charge in [-0.15, -0.1) is 0 Å². The van der Waals surface area contributed by atoms with Crippen LogP contribution in [0.2, 0.25) is 0 Å². The number of nitrogens with one attached hydrogen (secondary N) is 2. The maximum atomic E-state index is 4.53. The van der Waals surface area contributed by atoms with Gasteiger partial charge in [0.05, 0.1) is 18.4 Å². The van der Waals surface area contributed by atoms with Crippen LogP contribution in [0.4, 0.5) is 5.82 Å². The number of imidazole rings is 1. The molecule has 0 saturated carbocycles. The second-order valence-electron chi connectivity index (χ2n) is 7.58. The summed E-state index contributed by atoms with van der Waals surface area (Å²) in [4.78, 5) is 21.3. The molecule has 1 saturated heterocycles. The number of aromatic nitrogens is 3. The van der Waals surface area contributed by atoms with Crippen molar-refractivity contribution in [3.8, 4) is 11.3 Å². The van der Waals surface area contributed by atoms with Crippen LogP contribution < -0.4 is 10.2 Å². The SMILES string of the molecule is CN=C(NCc1ccnc(N2CCCC2)c1)N(C)Cc1ncc(-c2ccccc2)[nH]1. The van der Waals surface area contributed by atoms with Gasteiger partial charge in [-0.25, -0.2) is 9.97 Å². The first-order valence-electron chi connectivity index (χ1n) is 10.4. The van der Waals surface area contributed by atoms with E-state index < -0.39 is 0 Å². The van der Waals surface area contributed by atoms with E-state index in [2.05, 4.69) is 59.3 Å². The molecule has 3 heterocycles. The fraction of sp³-hybridized carbons (Fsp3) is 0.348. The van der Waals surface area contributed by atoms with Crippen LogP contribution in [0, 0.1) is 0 Å². The molecule has 1 aliphatic heterocycles. The molecular formula is C23H29N7. The third-order valence-corrected chi connectivity index (χ3v) is 5.36. The Morgan fingerprint density at radius 2 is 1.97 bits per heavy atom. The highest BCUT2D eigenvalue weighted by atomic mass is 15.3. The molecule has 0 unspecified atom stereocenters. The molecule has 7 nitrogen and oxygen atoms in total. The average Bonchev–Trinajstić information content (AvgIpc) is 3.48. The summed E-state index contributed by atoms with van der Waals surface area (Å²) in [5.41, 5.74) is 3.35. The summed E-state index contributed by atoms with van der Waals surface area (Å²) < 4.78 is 0. The molecule has 0 radical (unpaired) electrons. The van der Waals surface area contributed by atoms with Gasteiger partial charge < -0.3 is 20.1 Å². The van der Waals surface area contributed by atoms with Gasteiger partial charge in [-0.1, -0.05) is 30.3 Å². The van der Waals surface area contributed by atoms with E-state index in [0.717, 1.165) is 41.9 Å². The van der Waals surface area contributed by atoms with Crippen LogP contribution in [0.3, 0.4) is 0 Å². The molecule has 0 bridgehead atoms. The molecule has 1 aliphatic rings. The number of guanidine groups is 1. The number of pyridine rings is 1. The highest BCUT2D eigenvalue weighted by Gasteiger charge is 2.14. The Balaban J connectivity index is 1.35. The standard InChI is InChI=1S/C23H29N7/c1-24-23(27-15-18-10-11-25-22(14-18)30-12-6-7-13-30)29(2)17-21-26-16-20(28-21)19-8-4-3-5-9-19/h3-5,8-11,14,16H,6-7,12-13,15,17H2,1-2H3,(H,24,27)(H,26,28). The summed E-state index contributed by atoms with van der Waals surface area (Å²) in [5.74, 6) is 2.80. The van der Waals surface area contributed by atoms with Gasteiger partial charge in [-0.05, 0) is 36.1 Å². The van der Waals surface area contributed by atoms with Crippen molar-refractivity contribution in [2.45, 2.75) is 25.9 Å². The molecule has 1 fully saturated rings. The molecule has 0 aliphatic carbocycles. The lowest BCUT2D eigenvalue weighted by Gasteiger charge is -2.21. The summed E-state index contributed by atoms with van der Waals surface area (Å²) in [5, 5.41) is 3.45. The Kier molecular flexibility index (Phi) is 6.27. The molecule has 156 valence electrons. The van der Waals surface area contributed by atoms with Crippen molar-refractivity contribution in [3.05, 3.63) is 66.2 Å². The van der Waals surface area contributed by atoms with Crippen molar-refractivity contribution in [1.29, 1.82) is 0 Å². The summed E-state index contributed by atoms with van der Waals surface area (Å²) in [6, 6.07) is 14.5. The average molecular weight is 404 g/mol. The smallest absolute Gasteiger partial charge is 0.194 e. The predicted molar refractivity (Wildman–Crippen MR) is 121 cm³/mol. The topological polar surface area (TPSA) is 72.4 Å². The molecule has 0 atom stereocenters. The van der Waals surface area contributed by atoms with Gasteiger partial charge >= 0.3 is 0 Å². The maximum Gasteiger partial charge on any atom is 0.194 e. The van der Waals surface area contributed by atoms with Crippen LogP contribution in [0.1, 0.15) is 24.2 Å². The number of aliphatic imine (C=N–C) groups is 1. The monoisotopic (exact) mass is 403 g/mol. The van der Waals surface area contributed by atoms with Gasteiger partial charge in [0.1, 0.15) is 11.6 Å². The molecular weight excluding hydrogens is 374 g/mol. The highest BCUT2D eigenvalue weighted by molar-refractivity contribution is 5.79. The van der Waals surface area contributed by atoms with Gasteiger partial charge in [-0.2, -0.15) is 0 Å². The number of hydrogen-bond acceptors (Lipinski definition) is 4. The highest BCUT2D eigenvalue weighted by Crippen LogP contribution is 2.19. The second kappa shape index (κ2) is 9.43. The molecule has 2 aromatic heterocycles. The molecule has 7 heteroatoms. The summed E-state index contributed by atoms with van der Waals surface area (Å²) in [6.07, 6.45) is 6.28. The largest absolute Gasteiger partial charge is 0.357 e. The van der Waals surface area contributed by atoms with Crippen molar-refractivity contribution in [2.75, 3.05) is 32.1 Å². The fourth-order valence-electron chi connectivity index (χ4n) is 3.76. The van der Waals surface area contributed by atoms with Crippen LogP contribution in [0.25, 0.3) is 11.3 Å². The van der Waals surface area contributed by atoms with E-state index in [1.165, 1.54) is 18.4 Å². The lowest BCUT2D eigenvalue weighted by Crippen LogP contribution is -2.38. The number of H-pyrrole nitrogens is 1. The normalized spacial score (nSPS) is 14.2. The quantitative estimate of drug-likeness (QED) is 0.488. The fourth-order valence-corrected chi connectivity index (χ4v) is 3.76. The second-order valence-corrected chi connectivity index (χ2v) is 7.58. The van der Waals surface area contributed by atoms with Crippen LogP contribution in [0.15, 0.2) is 59.9 Å². The predicted octanol–water partition coefficient (Wildman–Crippen LogP) is 3.28. The zero-order valence-electron chi connectivity index (χ0n) is 17.7. The van der Waals surface area contributed by atoms with E-state index in [1.807, 2.05) is 37.6 Å². The first-order valence-corrected chi connectivity index (χ1v) is 10.4. The summed E-state index contributed by atoms with van der Waals surface area (Å²) in [7, 11) is 3.82. The molecule has 3 aromatic rings. The number of anilines is 1. The van der Waals surface area contributed by atoms with E-state index >= 15 is 0 Å². The van der Waals surface area contributed by atoms with Gasteiger partial charge in [0.2, 0.25) is 0 Å². The molecule has 1 aromatic carbocycles. The molecule has 30 heavy (non-hydrogen) atoms. The van der Waals surface area contributed by atoms with Crippen molar-refractivity contribution in [1.82, 2.24) is 25.2 Å². The van der Waals surface area contributed by atoms with Crippen molar-refractivity contribution >= 4 is 11.8 Å². The molecule has 2 N–H and O–H groups in total. The van der Waals surface area contributed by atoms with Crippen molar-refractivity contribution in [2.24, 2.45) is 4.99 Å². The molecule has 0 spiro atoms. The Morgan fingerprint density at radius 3 is 2.73 bits per heavy atom. The number of rotatable bonds is 6. The minimum Gasteiger partial charge on any atom is -0.357 e. The molecule has 4 rings (SSSR count). The van der Waals surface area contributed by atoms with E-state index in [4.69, 9.17) is 0 Å². The minimum absolute atomic E-state index is 0.641. The van der Waals surface area contributed by atoms with Gasteiger partial charge in [-0.3, -0.25) is 4.99 Å². The van der Waals surface area contributed by atoms with E-state index in [-0.39, 0.29) is 0 Å². The minimum atomic E-state index is 0.641. The Labute approximate surface area is 177 Å². The van der Waals surface area contributed by atoms with E-state index in [9.17, 15) is 0 Å². The number of hydrogen-bond donors (Lipinski definition) is 2. The van der Waals surface area contributed by atoms with Gasteiger partial charge in [0.15, 0.2) is 5.96 Å². The molecule has 0 amide bonds. The summed E-state index contributed by atoms with van der Waals surface area (Å²) >= 11 is 0. The van der Waals surface area contributed by atoms with Crippen LogP contribution in [0.5, 0.6) is 0 Å². The lowest BCUT2D eigenvalue weighted by atomic mass is 10.2. The maximum absolute atomic E-state index is 4.53. The van der Waals surface area contributed by atoms with E-state index in [0.29, 0.717) is 13.1 Å². The third kappa shape index (κ3) is 4.79. The van der Waals surface area contributed by atoms with Gasteiger partial charge in [0.25, 0.3) is 0 Å². The Bertz CT molecular complexity index is 974. The third-order valence-electron chi connectivity index (χ3n) is 5.36. The number of nitrogens with zero attached hydrogens (tertiary/aromatic N) is 5. The van der Waals surface area contributed by atoms with Crippen molar-refractivity contribution in [3.63, 3.8) is 0 Å². The lowest BCUT2D eigenvalue weighted by molar-refractivity contribution is 0.464. The number of aromatic amines is 1. The van der Waals surface area contributed by atoms with Crippen LogP contribution in [-0.2, 0) is 13.1 Å². The first-order chi connectivity index (χ1) is 14.7. The zero-order chi connectivity index (χ0) is 20.8. The van der Waals surface area contributed by atoms with E-state index in [1.54, 1.807) is 7.05 Å². The Hall–Kier alpha value is -3.35. The van der Waals surface area contributed by atoms with Crippen LogP contribution in [-0.4, -0.2) is 53.0 Å². The van der Waals surface area contributed by atoms with Crippen molar-refractivity contribution < 1.29 is 0 Å². The zero-order valence-corrected chi connectivity index (χ0v) is 17.7. The van der Waals surface area contributed by atoms with Gasteiger partial charge in [0, 0.05) is 39.9 Å². The number of benzene rings is 1. The summed E-state index contributed by atoms with van der Waals surface area (Å²) in [6.45, 7) is 3.54. The Morgan fingerprint density at radius 1 is 1.17 bits per heavy atom. The van der Waals surface area contributed by atoms with Crippen LogP contribution >= 0.6 is 0 Å². The first kappa shape index (κ1) is 19.9.